The normalized spacial score (nSPS) is 14.3. The Morgan fingerprint density at radius 1 is 1.07 bits per heavy atom. The molecule has 2 amide bonds. The van der Waals surface area contributed by atoms with E-state index in [9.17, 15) is 9.59 Å². The maximum absolute atomic E-state index is 12.5. The molecule has 0 unspecified atom stereocenters. The zero-order valence-electron chi connectivity index (χ0n) is 15.9. The molecule has 2 aromatic rings. The van der Waals surface area contributed by atoms with Gasteiger partial charge in [-0.15, -0.1) is 0 Å². The summed E-state index contributed by atoms with van der Waals surface area (Å²) in [7, 11) is 0. The van der Waals surface area contributed by atoms with Gasteiger partial charge in [-0.3, -0.25) is 14.5 Å². The lowest BCUT2D eigenvalue weighted by Crippen LogP contribution is -2.39. The molecule has 3 N–H and O–H groups in total. The highest BCUT2D eigenvalue weighted by molar-refractivity contribution is 6.04. The molecule has 0 saturated carbocycles. The van der Waals surface area contributed by atoms with Crippen molar-refractivity contribution in [3.05, 3.63) is 48.2 Å². The maximum Gasteiger partial charge on any atom is 0.255 e. The van der Waals surface area contributed by atoms with Gasteiger partial charge in [-0.25, -0.2) is 4.98 Å². The van der Waals surface area contributed by atoms with Gasteiger partial charge in [0.1, 0.15) is 5.82 Å². The van der Waals surface area contributed by atoms with E-state index in [2.05, 4.69) is 25.8 Å². The van der Waals surface area contributed by atoms with Crippen molar-refractivity contribution in [2.75, 3.05) is 55.3 Å². The van der Waals surface area contributed by atoms with Gasteiger partial charge in [0.2, 0.25) is 5.91 Å². The molecule has 1 aromatic heterocycles. The number of aromatic nitrogens is 1. The van der Waals surface area contributed by atoms with Crippen molar-refractivity contribution in [2.45, 2.75) is 6.92 Å². The van der Waals surface area contributed by atoms with Crippen LogP contribution >= 0.6 is 0 Å². The standard InChI is InChI=1S/C20H25N5O3/c1-15(26)23-17-2-4-18(5-3-17)24-20(27)16-6-7-21-19(14-16)22-8-9-25-10-12-28-13-11-25/h2-7,14H,8-13H2,1H3,(H,21,22)(H,23,26)(H,24,27). The molecule has 0 atom stereocenters. The number of anilines is 3. The van der Waals surface area contributed by atoms with Gasteiger partial charge in [-0.1, -0.05) is 0 Å². The van der Waals surface area contributed by atoms with Gasteiger partial charge in [0.05, 0.1) is 13.2 Å². The highest BCUT2D eigenvalue weighted by atomic mass is 16.5. The van der Waals surface area contributed by atoms with Gasteiger partial charge in [-0.2, -0.15) is 0 Å². The van der Waals surface area contributed by atoms with Gasteiger partial charge in [-0.05, 0) is 36.4 Å². The van der Waals surface area contributed by atoms with Gasteiger partial charge < -0.3 is 20.7 Å². The Labute approximate surface area is 164 Å². The molecule has 0 spiro atoms. The Morgan fingerprint density at radius 3 is 2.43 bits per heavy atom. The SMILES string of the molecule is CC(=O)Nc1ccc(NC(=O)c2ccnc(NCCN3CCOCC3)c2)cc1. The number of amides is 2. The van der Waals surface area contributed by atoms with Crippen LogP contribution in [0.5, 0.6) is 0 Å². The molecular weight excluding hydrogens is 358 g/mol. The molecule has 0 aliphatic carbocycles. The molecule has 1 fully saturated rings. The Morgan fingerprint density at radius 2 is 1.75 bits per heavy atom. The molecule has 1 aliphatic rings. The topological polar surface area (TPSA) is 95.6 Å². The second-order valence-corrected chi connectivity index (χ2v) is 6.52. The molecule has 148 valence electrons. The Hall–Kier alpha value is -2.97. The average Bonchev–Trinajstić information content (AvgIpc) is 2.70. The van der Waals surface area contributed by atoms with Gasteiger partial charge in [0.15, 0.2) is 0 Å². The fourth-order valence-electron chi connectivity index (χ4n) is 2.88. The third-order valence-electron chi connectivity index (χ3n) is 4.32. The van der Waals surface area contributed by atoms with Crippen molar-refractivity contribution in [3.8, 4) is 0 Å². The summed E-state index contributed by atoms with van der Waals surface area (Å²) in [6.07, 6.45) is 1.62. The Balaban J connectivity index is 1.52. The number of carbonyl (C=O) groups is 2. The first kappa shape index (κ1) is 19.8. The zero-order valence-corrected chi connectivity index (χ0v) is 15.9. The van der Waals surface area contributed by atoms with Crippen LogP contribution in [0.4, 0.5) is 17.2 Å². The predicted octanol–water partition coefficient (Wildman–Crippen LogP) is 2.04. The van der Waals surface area contributed by atoms with E-state index in [0.717, 1.165) is 39.4 Å². The highest BCUT2D eigenvalue weighted by Gasteiger charge is 2.10. The van der Waals surface area contributed by atoms with E-state index in [1.165, 1.54) is 6.92 Å². The van der Waals surface area contributed by atoms with Crippen LogP contribution in [-0.4, -0.2) is 61.1 Å². The molecule has 28 heavy (non-hydrogen) atoms. The van der Waals surface area contributed by atoms with E-state index in [4.69, 9.17) is 4.74 Å². The summed E-state index contributed by atoms with van der Waals surface area (Å²) in [5.74, 6) is 0.315. The van der Waals surface area contributed by atoms with Crippen LogP contribution in [0, 0.1) is 0 Å². The summed E-state index contributed by atoms with van der Waals surface area (Å²) in [6, 6.07) is 10.4. The molecule has 8 nitrogen and oxygen atoms in total. The van der Waals surface area contributed by atoms with E-state index in [1.807, 2.05) is 0 Å². The zero-order chi connectivity index (χ0) is 19.8. The van der Waals surface area contributed by atoms with Crippen molar-refractivity contribution >= 4 is 29.0 Å². The van der Waals surface area contributed by atoms with Crippen LogP contribution in [0.1, 0.15) is 17.3 Å². The van der Waals surface area contributed by atoms with Crippen molar-refractivity contribution < 1.29 is 14.3 Å². The number of ether oxygens (including phenoxy) is 1. The van der Waals surface area contributed by atoms with Gasteiger partial charge >= 0.3 is 0 Å². The number of morpholine rings is 1. The first-order valence-electron chi connectivity index (χ1n) is 9.29. The number of rotatable bonds is 7. The smallest absolute Gasteiger partial charge is 0.255 e. The van der Waals surface area contributed by atoms with Crippen molar-refractivity contribution in [1.29, 1.82) is 0 Å². The van der Waals surface area contributed by atoms with Crippen LogP contribution in [-0.2, 0) is 9.53 Å². The van der Waals surface area contributed by atoms with Crippen molar-refractivity contribution in [3.63, 3.8) is 0 Å². The number of hydrogen-bond acceptors (Lipinski definition) is 6. The lowest BCUT2D eigenvalue weighted by molar-refractivity contribution is -0.114. The molecule has 3 rings (SSSR count). The number of benzene rings is 1. The highest BCUT2D eigenvalue weighted by Crippen LogP contribution is 2.15. The van der Waals surface area contributed by atoms with Crippen LogP contribution < -0.4 is 16.0 Å². The minimum Gasteiger partial charge on any atom is -0.379 e. The Bertz CT molecular complexity index is 804. The third kappa shape index (κ3) is 6.04. The largest absolute Gasteiger partial charge is 0.379 e. The van der Waals surface area contributed by atoms with Crippen molar-refractivity contribution in [2.24, 2.45) is 0 Å². The molecule has 0 radical (unpaired) electrons. The van der Waals surface area contributed by atoms with E-state index in [1.54, 1.807) is 42.6 Å². The monoisotopic (exact) mass is 383 g/mol. The lowest BCUT2D eigenvalue weighted by atomic mass is 10.2. The first-order valence-corrected chi connectivity index (χ1v) is 9.29. The number of nitrogens with zero attached hydrogens (tertiary/aromatic N) is 2. The first-order chi connectivity index (χ1) is 13.6. The van der Waals surface area contributed by atoms with Crippen LogP contribution in [0.3, 0.4) is 0 Å². The molecule has 0 bridgehead atoms. The second-order valence-electron chi connectivity index (χ2n) is 6.52. The number of carbonyl (C=O) groups excluding carboxylic acids is 2. The molecule has 8 heteroatoms. The maximum atomic E-state index is 12.5. The van der Waals surface area contributed by atoms with Crippen molar-refractivity contribution in [1.82, 2.24) is 9.88 Å². The quantitative estimate of drug-likeness (QED) is 0.677. The van der Waals surface area contributed by atoms with Crippen LogP contribution in [0.15, 0.2) is 42.6 Å². The minimum atomic E-state index is -0.217. The second kappa shape index (κ2) is 9.82. The van der Waals surface area contributed by atoms with Crippen LogP contribution in [0.25, 0.3) is 0 Å². The summed E-state index contributed by atoms with van der Waals surface area (Å²) in [6.45, 7) is 6.55. The summed E-state index contributed by atoms with van der Waals surface area (Å²) in [4.78, 5) is 30.2. The fraction of sp³-hybridized carbons (Fsp3) is 0.350. The van der Waals surface area contributed by atoms with Crippen LogP contribution in [0.2, 0.25) is 0 Å². The Kier molecular flexibility index (Phi) is 6.94. The molecule has 1 aromatic carbocycles. The molecule has 1 saturated heterocycles. The molecule has 2 heterocycles. The molecular formula is C20H25N5O3. The van der Waals surface area contributed by atoms with E-state index in [0.29, 0.717) is 22.8 Å². The average molecular weight is 383 g/mol. The fourth-order valence-corrected chi connectivity index (χ4v) is 2.88. The lowest BCUT2D eigenvalue weighted by Gasteiger charge is -2.26. The number of nitrogens with one attached hydrogen (secondary N) is 3. The van der Waals surface area contributed by atoms with Gasteiger partial charge in [0, 0.05) is 56.2 Å². The predicted molar refractivity (Wildman–Crippen MR) is 109 cm³/mol. The summed E-state index contributed by atoms with van der Waals surface area (Å²) >= 11 is 0. The summed E-state index contributed by atoms with van der Waals surface area (Å²) in [5.41, 5.74) is 1.86. The summed E-state index contributed by atoms with van der Waals surface area (Å²) in [5, 5.41) is 8.80. The minimum absolute atomic E-state index is 0.137. The third-order valence-corrected chi connectivity index (χ3v) is 4.32. The van der Waals surface area contributed by atoms with E-state index >= 15 is 0 Å². The van der Waals surface area contributed by atoms with E-state index < -0.39 is 0 Å². The van der Waals surface area contributed by atoms with E-state index in [-0.39, 0.29) is 11.8 Å². The number of hydrogen-bond donors (Lipinski definition) is 3. The molecule has 1 aliphatic heterocycles. The summed E-state index contributed by atoms with van der Waals surface area (Å²) < 4.78 is 5.34. The van der Waals surface area contributed by atoms with Gasteiger partial charge in [0.25, 0.3) is 5.91 Å². The number of pyridine rings is 1.